The van der Waals surface area contributed by atoms with E-state index in [9.17, 15) is 18.0 Å². The Bertz CT molecular complexity index is 445. The molecule has 6 heteroatoms. The zero-order chi connectivity index (χ0) is 13.2. The average Bonchev–Trinajstić information content (AvgIpc) is 2.27. The Morgan fingerprint density at radius 1 is 1.22 bits per heavy atom. The fourth-order valence-corrected chi connectivity index (χ4v) is 1.93. The molecule has 1 aliphatic rings. The standard InChI is InChI=1S/C12H12F3NO2/c13-12(14,15)18-10-5-3-4-9(8-10)16-7-2-1-6-11(16)17/h3-5,8H,1-2,6-7H2. The molecule has 1 amide bonds. The highest BCUT2D eigenvalue weighted by molar-refractivity contribution is 5.94. The molecule has 0 unspecified atom stereocenters. The summed E-state index contributed by atoms with van der Waals surface area (Å²) >= 11 is 0. The molecule has 0 aromatic heterocycles. The third-order valence-electron chi connectivity index (χ3n) is 2.69. The Hall–Kier alpha value is -1.72. The molecule has 2 rings (SSSR count). The fraction of sp³-hybridized carbons (Fsp3) is 0.417. The first-order valence-corrected chi connectivity index (χ1v) is 5.62. The number of amides is 1. The van der Waals surface area contributed by atoms with Gasteiger partial charge in [0.05, 0.1) is 0 Å². The molecule has 1 saturated heterocycles. The van der Waals surface area contributed by atoms with Crippen molar-refractivity contribution in [1.82, 2.24) is 0 Å². The predicted octanol–water partition coefficient (Wildman–Crippen LogP) is 3.10. The minimum Gasteiger partial charge on any atom is -0.406 e. The number of anilines is 1. The molecule has 1 aromatic carbocycles. The summed E-state index contributed by atoms with van der Waals surface area (Å²) in [5.41, 5.74) is 0.446. The van der Waals surface area contributed by atoms with E-state index in [0.717, 1.165) is 12.8 Å². The molecule has 0 saturated carbocycles. The van der Waals surface area contributed by atoms with E-state index >= 15 is 0 Å². The largest absolute Gasteiger partial charge is 0.573 e. The summed E-state index contributed by atoms with van der Waals surface area (Å²) < 4.78 is 40.1. The molecule has 1 aromatic rings. The van der Waals surface area contributed by atoms with Crippen LogP contribution >= 0.6 is 0 Å². The van der Waals surface area contributed by atoms with Gasteiger partial charge in [0.15, 0.2) is 0 Å². The Balaban J connectivity index is 2.18. The van der Waals surface area contributed by atoms with Gasteiger partial charge in [-0.15, -0.1) is 13.2 Å². The van der Waals surface area contributed by atoms with Crippen molar-refractivity contribution in [2.24, 2.45) is 0 Å². The Morgan fingerprint density at radius 2 is 2.00 bits per heavy atom. The number of carbonyl (C=O) groups excluding carboxylic acids is 1. The number of alkyl halides is 3. The van der Waals surface area contributed by atoms with Crippen LogP contribution in [0.25, 0.3) is 0 Å². The van der Waals surface area contributed by atoms with Crippen molar-refractivity contribution in [1.29, 1.82) is 0 Å². The van der Waals surface area contributed by atoms with Crippen LogP contribution in [-0.4, -0.2) is 18.8 Å². The minimum absolute atomic E-state index is 0.0644. The molecule has 1 fully saturated rings. The highest BCUT2D eigenvalue weighted by Crippen LogP contribution is 2.28. The molecule has 1 heterocycles. The van der Waals surface area contributed by atoms with E-state index in [4.69, 9.17) is 0 Å². The maximum atomic E-state index is 12.1. The Morgan fingerprint density at radius 3 is 2.67 bits per heavy atom. The third kappa shape index (κ3) is 3.15. The summed E-state index contributed by atoms with van der Waals surface area (Å²) in [6.07, 6.45) is -2.60. The lowest BCUT2D eigenvalue weighted by Crippen LogP contribution is -2.35. The smallest absolute Gasteiger partial charge is 0.406 e. The van der Waals surface area contributed by atoms with E-state index in [1.54, 1.807) is 6.07 Å². The number of piperidine rings is 1. The van der Waals surface area contributed by atoms with Gasteiger partial charge >= 0.3 is 6.36 Å². The number of halogens is 3. The molecule has 98 valence electrons. The first kappa shape index (κ1) is 12.7. The van der Waals surface area contributed by atoms with Crippen LogP contribution in [0.3, 0.4) is 0 Å². The Labute approximate surface area is 102 Å². The first-order chi connectivity index (χ1) is 8.46. The van der Waals surface area contributed by atoms with Gasteiger partial charge in [0.2, 0.25) is 5.91 Å². The molecule has 0 bridgehead atoms. The number of nitrogens with zero attached hydrogens (tertiary/aromatic N) is 1. The van der Waals surface area contributed by atoms with E-state index in [2.05, 4.69) is 4.74 Å². The van der Waals surface area contributed by atoms with Gasteiger partial charge in [-0.05, 0) is 25.0 Å². The molecule has 0 atom stereocenters. The maximum absolute atomic E-state index is 12.1. The van der Waals surface area contributed by atoms with E-state index < -0.39 is 6.36 Å². The quantitative estimate of drug-likeness (QED) is 0.816. The summed E-state index contributed by atoms with van der Waals surface area (Å²) in [5.74, 6) is -0.371. The van der Waals surface area contributed by atoms with Crippen molar-refractivity contribution in [3.63, 3.8) is 0 Å². The van der Waals surface area contributed by atoms with Crippen LogP contribution < -0.4 is 9.64 Å². The van der Waals surface area contributed by atoms with E-state index in [-0.39, 0.29) is 11.7 Å². The Kier molecular flexibility index (Phi) is 3.45. The van der Waals surface area contributed by atoms with Crippen LogP contribution in [0.15, 0.2) is 24.3 Å². The number of hydrogen-bond donors (Lipinski definition) is 0. The monoisotopic (exact) mass is 259 g/mol. The lowest BCUT2D eigenvalue weighted by Gasteiger charge is -2.27. The van der Waals surface area contributed by atoms with E-state index in [1.165, 1.54) is 23.1 Å². The average molecular weight is 259 g/mol. The van der Waals surface area contributed by atoms with Crippen molar-refractivity contribution in [3.8, 4) is 5.75 Å². The van der Waals surface area contributed by atoms with Gasteiger partial charge in [-0.3, -0.25) is 4.79 Å². The summed E-state index contributed by atoms with van der Waals surface area (Å²) in [7, 11) is 0. The van der Waals surface area contributed by atoms with Crippen LogP contribution in [-0.2, 0) is 4.79 Å². The second-order valence-corrected chi connectivity index (χ2v) is 4.05. The molecule has 18 heavy (non-hydrogen) atoms. The van der Waals surface area contributed by atoms with Gasteiger partial charge in [-0.25, -0.2) is 0 Å². The highest BCUT2D eigenvalue weighted by atomic mass is 19.4. The molecule has 0 aliphatic carbocycles. The highest BCUT2D eigenvalue weighted by Gasteiger charge is 2.31. The fourth-order valence-electron chi connectivity index (χ4n) is 1.93. The number of rotatable bonds is 2. The molecule has 3 nitrogen and oxygen atoms in total. The van der Waals surface area contributed by atoms with Crippen molar-refractivity contribution >= 4 is 11.6 Å². The molecular formula is C12H12F3NO2. The van der Waals surface area contributed by atoms with E-state index in [1.807, 2.05) is 0 Å². The van der Waals surface area contributed by atoms with Crippen LogP contribution in [0, 0.1) is 0 Å². The minimum atomic E-state index is -4.72. The summed E-state index contributed by atoms with van der Waals surface area (Å²) in [6, 6.07) is 5.49. The van der Waals surface area contributed by atoms with Gasteiger partial charge in [0, 0.05) is 24.7 Å². The van der Waals surface area contributed by atoms with Crippen LogP contribution in [0.1, 0.15) is 19.3 Å². The number of hydrogen-bond acceptors (Lipinski definition) is 2. The van der Waals surface area contributed by atoms with E-state index in [0.29, 0.717) is 18.7 Å². The van der Waals surface area contributed by atoms with Crippen molar-refractivity contribution in [2.75, 3.05) is 11.4 Å². The first-order valence-electron chi connectivity index (χ1n) is 5.62. The normalized spacial score (nSPS) is 16.8. The molecule has 1 aliphatic heterocycles. The van der Waals surface area contributed by atoms with Gasteiger partial charge in [-0.1, -0.05) is 6.07 Å². The zero-order valence-electron chi connectivity index (χ0n) is 9.54. The molecular weight excluding hydrogens is 247 g/mol. The second kappa shape index (κ2) is 4.88. The van der Waals surface area contributed by atoms with Crippen LogP contribution in [0.2, 0.25) is 0 Å². The third-order valence-corrected chi connectivity index (χ3v) is 2.69. The van der Waals surface area contributed by atoms with Crippen LogP contribution in [0.4, 0.5) is 18.9 Å². The summed E-state index contributed by atoms with van der Waals surface area (Å²) in [6.45, 7) is 0.536. The predicted molar refractivity (Wildman–Crippen MR) is 59.3 cm³/mol. The molecule has 0 radical (unpaired) electrons. The van der Waals surface area contributed by atoms with Crippen molar-refractivity contribution < 1.29 is 22.7 Å². The number of benzene rings is 1. The van der Waals surface area contributed by atoms with Crippen molar-refractivity contribution in [3.05, 3.63) is 24.3 Å². The van der Waals surface area contributed by atoms with Gasteiger partial charge in [0.1, 0.15) is 5.75 Å². The maximum Gasteiger partial charge on any atom is 0.573 e. The second-order valence-electron chi connectivity index (χ2n) is 4.05. The molecule has 0 spiro atoms. The summed E-state index contributed by atoms with van der Waals surface area (Å²) in [5, 5.41) is 0. The lowest BCUT2D eigenvalue weighted by atomic mass is 10.1. The lowest BCUT2D eigenvalue weighted by molar-refractivity contribution is -0.274. The van der Waals surface area contributed by atoms with Crippen LogP contribution in [0.5, 0.6) is 5.75 Å². The summed E-state index contributed by atoms with van der Waals surface area (Å²) in [4.78, 5) is 13.1. The van der Waals surface area contributed by atoms with Gasteiger partial charge in [0.25, 0.3) is 0 Å². The number of ether oxygens (including phenoxy) is 1. The topological polar surface area (TPSA) is 29.5 Å². The molecule has 0 N–H and O–H groups in total. The van der Waals surface area contributed by atoms with Gasteiger partial charge in [-0.2, -0.15) is 0 Å². The zero-order valence-corrected chi connectivity index (χ0v) is 9.54. The van der Waals surface area contributed by atoms with Gasteiger partial charge < -0.3 is 9.64 Å². The van der Waals surface area contributed by atoms with Crippen molar-refractivity contribution in [2.45, 2.75) is 25.6 Å². The SMILES string of the molecule is O=C1CCCCN1c1cccc(OC(F)(F)F)c1. The number of carbonyl (C=O) groups is 1.